The normalized spacial score (nSPS) is 16.1. The second kappa shape index (κ2) is 8.66. The van der Waals surface area contributed by atoms with Crippen LogP contribution in [0.2, 0.25) is 0 Å². The molecule has 3 aromatic rings. The maximum absolute atomic E-state index is 13.0. The molecule has 0 fully saturated rings. The van der Waals surface area contributed by atoms with Crippen LogP contribution in [-0.4, -0.2) is 33.8 Å². The van der Waals surface area contributed by atoms with Crippen molar-refractivity contribution in [1.29, 1.82) is 0 Å². The van der Waals surface area contributed by atoms with Gasteiger partial charge in [-0.05, 0) is 31.2 Å². The Bertz CT molecular complexity index is 1000. The van der Waals surface area contributed by atoms with Crippen molar-refractivity contribution in [3.8, 4) is 0 Å². The predicted molar refractivity (Wildman–Crippen MR) is 113 cm³/mol. The fourth-order valence-corrected chi connectivity index (χ4v) is 4.68. The summed E-state index contributed by atoms with van der Waals surface area (Å²) in [4.78, 5) is 26.7. The van der Waals surface area contributed by atoms with E-state index in [-0.39, 0.29) is 30.0 Å². The third-order valence-electron chi connectivity index (χ3n) is 4.35. The molecule has 1 atom stereocenters. The van der Waals surface area contributed by atoms with Gasteiger partial charge in [-0.1, -0.05) is 35.2 Å². The number of aromatic nitrogens is 2. The third kappa shape index (κ3) is 4.60. The highest BCUT2D eigenvalue weighted by Gasteiger charge is 2.29. The zero-order valence-electron chi connectivity index (χ0n) is 15.6. The first-order valence-electron chi connectivity index (χ1n) is 9.03. The molecule has 2 amide bonds. The Balaban J connectivity index is 1.40. The number of thioether (sulfide) groups is 1. The summed E-state index contributed by atoms with van der Waals surface area (Å²) in [6, 6.07) is 10.8. The minimum atomic E-state index is -0.230. The molecular formula is C19H19N5O3S2. The predicted octanol–water partition coefficient (Wildman–Crippen LogP) is 3.60. The molecule has 0 unspecified atom stereocenters. The van der Waals surface area contributed by atoms with Crippen molar-refractivity contribution >= 4 is 51.4 Å². The Morgan fingerprint density at radius 3 is 3.03 bits per heavy atom. The summed E-state index contributed by atoms with van der Waals surface area (Å²) in [5.74, 6) is 0.845. The van der Waals surface area contributed by atoms with Gasteiger partial charge >= 0.3 is 0 Å². The number of furan rings is 1. The number of hydrogen-bond donors (Lipinski definition) is 2. The van der Waals surface area contributed by atoms with Gasteiger partial charge in [-0.2, -0.15) is 0 Å². The summed E-state index contributed by atoms with van der Waals surface area (Å²) in [6.45, 7) is 2.40. The van der Waals surface area contributed by atoms with Crippen LogP contribution >= 0.6 is 23.1 Å². The Morgan fingerprint density at radius 2 is 2.21 bits per heavy atom. The van der Waals surface area contributed by atoms with Gasteiger partial charge in [0.05, 0.1) is 29.9 Å². The number of carbonyl (C=O) groups excluding carboxylic acids is 2. The van der Waals surface area contributed by atoms with Gasteiger partial charge in [0.1, 0.15) is 5.76 Å². The molecule has 1 aliphatic heterocycles. The van der Waals surface area contributed by atoms with E-state index in [0.717, 1.165) is 11.4 Å². The van der Waals surface area contributed by atoms with Gasteiger partial charge in [0.2, 0.25) is 16.9 Å². The first-order valence-corrected chi connectivity index (χ1v) is 10.8. The number of nitrogens with zero attached hydrogens (tertiary/aromatic N) is 3. The molecule has 2 aromatic heterocycles. The Hall–Kier alpha value is -2.85. The number of rotatable bonds is 6. The lowest BCUT2D eigenvalue weighted by atomic mass is 10.2. The molecule has 3 heterocycles. The Morgan fingerprint density at radius 1 is 1.34 bits per heavy atom. The van der Waals surface area contributed by atoms with Crippen LogP contribution < -0.4 is 15.5 Å². The summed E-state index contributed by atoms with van der Waals surface area (Å²) in [5, 5.41) is 14.9. The molecule has 8 nitrogen and oxygen atoms in total. The monoisotopic (exact) mass is 429 g/mol. The van der Waals surface area contributed by atoms with Gasteiger partial charge < -0.3 is 20.0 Å². The van der Waals surface area contributed by atoms with E-state index in [0.29, 0.717) is 21.7 Å². The average molecular weight is 430 g/mol. The standard InChI is InChI=1S/C19H19N5O3S2/c1-12-9-16(25)21-14-6-2-3-7-15(14)24(12)17(26)11-28-19-23-22-18(29-19)20-10-13-5-4-8-27-13/h2-8,12H,9-11H2,1H3,(H,20,22)(H,21,25)/t12-/m0/s1. The Kier molecular flexibility index (Phi) is 5.81. The maximum Gasteiger partial charge on any atom is 0.237 e. The van der Waals surface area contributed by atoms with Crippen LogP contribution in [0.4, 0.5) is 16.5 Å². The van der Waals surface area contributed by atoms with Gasteiger partial charge in [-0.15, -0.1) is 10.2 Å². The molecule has 1 aliphatic rings. The molecular weight excluding hydrogens is 410 g/mol. The zero-order valence-corrected chi connectivity index (χ0v) is 17.3. The van der Waals surface area contributed by atoms with Crippen LogP contribution in [0.5, 0.6) is 0 Å². The number of para-hydroxylation sites is 2. The fraction of sp³-hybridized carbons (Fsp3) is 0.263. The number of carbonyl (C=O) groups is 2. The zero-order chi connectivity index (χ0) is 20.2. The SMILES string of the molecule is C[C@H]1CC(=O)Nc2ccccc2N1C(=O)CSc1nnc(NCc2ccco2)s1. The van der Waals surface area contributed by atoms with Crippen molar-refractivity contribution < 1.29 is 14.0 Å². The molecule has 2 N–H and O–H groups in total. The van der Waals surface area contributed by atoms with E-state index in [9.17, 15) is 9.59 Å². The maximum atomic E-state index is 13.0. The lowest BCUT2D eigenvalue weighted by molar-refractivity contribution is -0.117. The van der Waals surface area contributed by atoms with E-state index in [1.807, 2.05) is 37.3 Å². The third-order valence-corrected chi connectivity index (χ3v) is 6.35. The fourth-order valence-electron chi connectivity index (χ4n) is 3.08. The number of fused-ring (bicyclic) bond motifs is 1. The number of benzene rings is 1. The van der Waals surface area contributed by atoms with Crippen molar-refractivity contribution in [3.05, 3.63) is 48.4 Å². The van der Waals surface area contributed by atoms with E-state index < -0.39 is 0 Å². The minimum absolute atomic E-state index is 0.0771. The molecule has 0 aliphatic carbocycles. The van der Waals surface area contributed by atoms with Crippen molar-refractivity contribution in [2.24, 2.45) is 0 Å². The van der Waals surface area contributed by atoms with Gasteiger partial charge in [0.25, 0.3) is 0 Å². The summed E-state index contributed by atoms with van der Waals surface area (Å²) in [7, 11) is 0. The van der Waals surface area contributed by atoms with Crippen LogP contribution in [0.15, 0.2) is 51.4 Å². The van der Waals surface area contributed by atoms with Gasteiger partial charge in [0, 0.05) is 12.5 Å². The molecule has 150 valence electrons. The highest BCUT2D eigenvalue weighted by molar-refractivity contribution is 8.01. The van der Waals surface area contributed by atoms with Crippen molar-refractivity contribution in [1.82, 2.24) is 10.2 Å². The molecule has 0 saturated heterocycles. The molecule has 10 heteroatoms. The summed E-state index contributed by atoms with van der Waals surface area (Å²) < 4.78 is 5.97. The topological polar surface area (TPSA) is 100 Å². The van der Waals surface area contributed by atoms with E-state index in [1.54, 1.807) is 17.2 Å². The molecule has 0 spiro atoms. The molecule has 29 heavy (non-hydrogen) atoms. The molecule has 4 rings (SSSR count). The minimum Gasteiger partial charge on any atom is -0.467 e. The average Bonchev–Trinajstić information content (AvgIpc) is 3.35. The first-order chi connectivity index (χ1) is 14.1. The van der Waals surface area contributed by atoms with Gasteiger partial charge in [0.15, 0.2) is 4.34 Å². The second-order valence-corrected chi connectivity index (χ2v) is 8.68. The van der Waals surface area contributed by atoms with Crippen molar-refractivity contribution in [3.63, 3.8) is 0 Å². The lowest BCUT2D eigenvalue weighted by Gasteiger charge is -2.27. The van der Waals surface area contributed by atoms with Crippen LogP contribution in [-0.2, 0) is 16.1 Å². The summed E-state index contributed by atoms with van der Waals surface area (Å²) in [6.07, 6.45) is 1.87. The van der Waals surface area contributed by atoms with Crippen molar-refractivity contribution in [2.75, 3.05) is 21.3 Å². The number of nitrogens with one attached hydrogen (secondary N) is 2. The number of amides is 2. The van der Waals surface area contributed by atoms with E-state index in [4.69, 9.17) is 4.42 Å². The quantitative estimate of drug-likeness (QED) is 0.578. The van der Waals surface area contributed by atoms with Crippen LogP contribution in [0.3, 0.4) is 0 Å². The lowest BCUT2D eigenvalue weighted by Crippen LogP contribution is -2.40. The van der Waals surface area contributed by atoms with Crippen LogP contribution in [0.1, 0.15) is 19.1 Å². The molecule has 0 saturated carbocycles. The largest absolute Gasteiger partial charge is 0.467 e. The molecule has 1 aromatic carbocycles. The van der Waals surface area contributed by atoms with Crippen LogP contribution in [0, 0.1) is 0 Å². The van der Waals surface area contributed by atoms with E-state index in [2.05, 4.69) is 20.8 Å². The van der Waals surface area contributed by atoms with Crippen LogP contribution in [0.25, 0.3) is 0 Å². The second-order valence-electron chi connectivity index (χ2n) is 6.48. The summed E-state index contributed by atoms with van der Waals surface area (Å²) >= 11 is 2.72. The summed E-state index contributed by atoms with van der Waals surface area (Å²) in [5.41, 5.74) is 1.37. The highest BCUT2D eigenvalue weighted by atomic mass is 32.2. The number of anilines is 3. The van der Waals surface area contributed by atoms with E-state index >= 15 is 0 Å². The highest BCUT2D eigenvalue weighted by Crippen LogP contribution is 2.33. The van der Waals surface area contributed by atoms with Gasteiger partial charge in [-0.25, -0.2) is 0 Å². The molecule has 0 radical (unpaired) electrons. The Labute approximate surface area is 175 Å². The first kappa shape index (κ1) is 19.5. The smallest absolute Gasteiger partial charge is 0.237 e. The van der Waals surface area contributed by atoms with Gasteiger partial charge in [-0.3, -0.25) is 9.59 Å². The molecule has 0 bridgehead atoms. The van der Waals surface area contributed by atoms with E-state index in [1.165, 1.54) is 23.1 Å². The number of hydrogen-bond acceptors (Lipinski definition) is 8. The van der Waals surface area contributed by atoms with Crippen molar-refractivity contribution in [2.45, 2.75) is 30.3 Å².